The van der Waals surface area contributed by atoms with E-state index < -0.39 is 0 Å². The van der Waals surface area contributed by atoms with Crippen LogP contribution in [0.2, 0.25) is 0 Å². The monoisotopic (exact) mass is 256 g/mol. The number of hydrogen-bond donors (Lipinski definition) is 1. The van der Waals surface area contributed by atoms with Gasteiger partial charge in [-0.05, 0) is 40.2 Å². The number of rotatable bonds is 3. The van der Waals surface area contributed by atoms with Gasteiger partial charge in [-0.25, -0.2) is 0 Å². The summed E-state index contributed by atoms with van der Waals surface area (Å²) in [4.78, 5) is 2.54. The Kier molecular flexibility index (Phi) is 4.52. The lowest BCUT2D eigenvalue weighted by molar-refractivity contribution is -0.182. The van der Waals surface area contributed by atoms with Crippen molar-refractivity contribution in [3.05, 3.63) is 0 Å². The third kappa shape index (κ3) is 4.52. The Morgan fingerprint density at radius 1 is 1.11 bits per heavy atom. The van der Waals surface area contributed by atoms with E-state index in [1.54, 1.807) is 0 Å². The summed E-state index contributed by atoms with van der Waals surface area (Å²) in [6.45, 7) is 18.7. The number of likely N-dealkylation sites (N-methyl/N-ethyl adjacent to an activating group) is 1. The van der Waals surface area contributed by atoms with Gasteiger partial charge in [0.05, 0.1) is 11.2 Å². The number of nitrogens with zero attached hydrogens (tertiary/aromatic N) is 1. The van der Waals surface area contributed by atoms with Crippen LogP contribution < -0.4 is 5.32 Å². The Balaban J connectivity index is 2.72. The van der Waals surface area contributed by atoms with Crippen LogP contribution in [0.25, 0.3) is 0 Å². The van der Waals surface area contributed by atoms with Gasteiger partial charge in [0.25, 0.3) is 0 Å². The largest absolute Gasteiger partial charge is 0.367 e. The standard InChI is InChI=1S/C15H32N2O/c1-13(2,3)12(16-8)9-17-10-14(4,5)18-15(6,7)11-17/h12,16H,9-11H2,1-8H3. The van der Waals surface area contributed by atoms with Crippen molar-refractivity contribution in [2.24, 2.45) is 5.41 Å². The molecule has 0 aromatic rings. The molecule has 1 aliphatic heterocycles. The Hall–Kier alpha value is -0.120. The molecular weight excluding hydrogens is 224 g/mol. The molecule has 1 aliphatic rings. The highest BCUT2D eigenvalue weighted by Crippen LogP contribution is 2.29. The van der Waals surface area contributed by atoms with E-state index in [0.29, 0.717) is 6.04 Å². The van der Waals surface area contributed by atoms with Gasteiger partial charge in [0.2, 0.25) is 0 Å². The molecule has 18 heavy (non-hydrogen) atoms. The molecule has 0 aliphatic carbocycles. The Morgan fingerprint density at radius 3 is 1.89 bits per heavy atom. The minimum atomic E-state index is -0.0576. The molecule has 0 amide bonds. The molecule has 1 rings (SSSR count). The van der Waals surface area contributed by atoms with Crippen molar-refractivity contribution in [1.29, 1.82) is 0 Å². The molecule has 1 saturated heterocycles. The Bertz CT molecular complexity index is 263. The van der Waals surface area contributed by atoms with E-state index >= 15 is 0 Å². The Morgan fingerprint density at radius 2 is 1.56 bits per heavy atom. The van der Waals surface area contributed by atoms with Crippen molar-refractivity contribution in [2.75, 3.05) is 26.7 Å². The molecule has 1 atom stereocenters. The van der Waals surface area contributed by atoms with E-state index in [0.717, 1.165) is 19.6 Å². The van der Waals surface area contributed by atoms with E-state index in [-0.39, 0.29) is 16.6 Å². The van der Waals surface area contributed by atoms with Crippen LogP contribution in [0.4, 0.5) is 0 Å². The lowest BCUT2D eigenvalue weighted by Gasteiger charge is -2.49. The highest BCUT2D eigenvalue weighted by molar-refractivity contribution is 4.92. The number of morpholine rings is 1. The lowest BCUT2D eigenvalue weighted by Crippen LogP contribution is -2.60. The molecule has 0 bridgehead atoms. The highest BCUT2D eigenvalue weighted by Gasteiger charge is 2.39. The molecule has 1 fully saturated rings. The fraction of sp³-hybridized carbons (Fsp3) is 1.00. The number of hydrogen-bond acceptors (Lipinski definition) is 3. The third-order valence-corrected chi connectivity index (χ3v) is 3.60. The van der Waals surface area contributed by atoms with E-state index in [9.17, 15) is 0 Å². The minimum absolute atomic E-state index is 0.0576. The molecule has 3 nitrogen and oxygen atoms in total. The van der Waals surface area contributed by atoms with Crippen molar-refractivity contribution in [1.82, 2.24) is 10.2 Å². The van der Waals surface area contributed by atoms with Crippen molar-refractivity contribution in [2.45, 2.75) is 65.7 Å². The summed E-state index contributed by atoms with van der Waals surface area (Å²) in [5, 5.41) is 3.46. The van der Waals surface area contributed by atoms with Crippen molar-refractivity contribution < 1.29 is 4.74 Å². The molecule has 0 saturated carbocycles. The summed E-state index contributed by atoms with van der Waals surface area (Å²) in [6, 6.07) is 0.502. The van der Waals surface area contributed by atoms with Crippen LogP contribution in [-0.4, -0.2) is 48.8 Å². The zero-order chi connectivity index (χ0) is 14.2. The van der Waals surface area contributed by atoms with Gasteiger partial charge < -0.3 is 10.1 Å². The van der Waals surface area contributed by atoms with E-state index in [1.165, 1.54) is 0 Å². The molecule has 0 aromatic heterocycles. The topological polar surface area (TPSA) is 24.5 Å². The molecule has 1 N–H and O–H groups in total. The van der Waals surface area contributed by atoms with Crippen LogP contribution >= 0.6 is 0 Å². The van der Waals surface area contributed by atoms with Crippen LogP contribution in [0.1, 0.15) is 48.5 Å². The predicted octanol–water partition coefficient (Wildman–Crippen LogP) is 2.51. The summed E-state index contributed by atoms with van der Waals surface area (Å²) in [5.74, 6) is 0. The van der Waals surface area contributed by atoms with Gasteiger partial charge in [-0.15, -0.1) is 0 Å². The fourth-order valence-corrected chi connectivity index (χ4v) is 3.13. The molecule has 1 heterocycles. The van der Waals surface area contributed by atoms with E-state index in [4.69, 9.17) is 4.74 Å². The zero-order valence-corrected chi connectivity index (χ0v) is 13.6. The molecule has 0 aromatic carbocycles. The maximum Gasteiger partial charge on any atom is 0.0760 e. The summed E-state index contributed by atoms with van der Waals surface area (Å²) in [6.07, 6.45) is 0. The molecule has 1 unspecified atom stereocenters. The van der Waals surface area contributed by atoms with Gasteiger partial charge in [-0.2, -0.15) is 0 Å². The van der Waals surface area contributed by atoms with Crippen LogP contribution in [-0.2, 0) is 4.74 Å². The second-order valence-electron chi connectivity index (χ2n) is 8.00. The summed E-state index contributed by atoms with van der Waals surface area (Å²) in [5.41, 5.74) is 0.164. The van der Waals surface area contributed by atoms with Gasteiger partial charge >= 0.3 is 0 Å². The molecule has 108 valence electrons. The molecular formula is C15H32N2O. The molecule has 3 heteroatoms. The SMILES string of the molecule is CNC(CN1CC(C)(C)OC(C)(C)C1)C(C)(C)C. The predicted molar refractivity (Wildman–Crippen MR) is 78.0 cm³/mol. The Labute approximate surface area is 113 Å². The number of ether oxygens (including phenoxy) is 1. The van der Waals surface area contributed by atoms with Crippen molar-refractivity contribution in [3.63, 3.8) is 0 Å². The maximum atomic E-state index is 6.13. The zero-order valence-electron chi connectivity index (χ0n) is 13.6. The summed E-state index contributed by atoms with van der Waals surface area (Å²) < 4.78 is 6.13. The van der Waals surface area contributed by atoms with Gasteiger partial charge in [-0.3, -0.25) is 4.90 Å². The van der Waals surface area contributed by atoms with Crippen LogP contribution in [0.3, 0.4) is 0 Å². The summed E-state index contributed by atoms with van der Waals surface area (Å²) >= 11 is 0. The van der Waals surface area contributed by atoms with Crippen LogP contribution in [0.15, 0.2) is 0 Å². The number of nitrogens with one attached hydrogen (secondary N) is 1. The summed E-state index contributed by atoms with van der Waals surface area (Å²) in [7, 11) is 2.06. The van der Waals surface area contributed by atoms with Gasteiger partial charge in [0.1, 0.15) is 0 Å². The fourth-order valence-electron chi connectivity index (χ4n) is 3.13. The molecule has 0 radical (unpaired) electrons. The highest BCUT2D eigenvalue weighted by atomic mass is 16.5. The normalized spacial score (nSPS) is 26.0. The van der Waals surface area contributed by atoms with Crippen LogP contribution in [0.5, 0.6) is 0 Å². The minimum Gasteiger partial charge on any atom is -0.367 e. The third-order valence-electron chi connectivity index (χ3n) is 3.60. The quantitative estimate of drug-likeness (QED) is 0.840. The second kappa shape index (κ2) is 5.10. The van der Waals surface area contributed by atoms with E-state index in [1.807, 2.05) is 0 Å². The van der Waals surface area contributed by atoms with Gasteiger partial charge in [0, 0.05) is 25.7 Å². The van der Waals surface area contributed by atoms with E-state index in [2.05, 4.69) is 65.7 Å². The second-order valence-corrected chi connectivity index (χ2v) is 8.00. The smallest absolute Gasteiger partial charge is 0.0760 e. The average Bonchev–Trinajstić information content (AvgIpc) is 2.06. The van der Waals surface area contributed by atoms with Crippen LogP contribution in [0, 0.1) is 5.41 Å². The van der Waals surface area contributed by atoms with Crippen molar-refractivity contribution in [3.8, 4) is 0 Å². The molecule has 0 spiro atoms. The first-order valence-corrected chi connectivity index (χ1v) is 7.05. The van der Waals surface area contributed by atoms with Gasteiger partial charge in [0.15, 0.2) is 0 Å². The first kappa shape index (κ1) is 15.9. The first-order valence-electron chi connectivity index (χ1n) is 7.05. The lowest BCUT2D eigenvalue weighted by atomic mass is 9.85. The first-order chi connectivity index (χ1) is 7.95. The van der Waals surface area contributed by atoms with Crippen molar-refractivity contribution >= 4 is 0 Å². The average molecular weight is 256 g/mol. The maximum absolute atomic E-state index is 6.13. The van der Waals surface area contributed by atoms with Gasteiger partial charge in [-0.1, -0.05) is 20.8 Å².